The van der Waals surface area contributed by atoms with Crippen molar-refractivity contribution in [2.24, 2.45) is 4.99 Å². The van der Waals surface area contributed by atoms with Crippen molar-refractivity contribution in [1.29, 1.82) is 0 Å². The van der Waals surface area contributed by atoms with E-state index in [0.717, 1.165) is 27.3 Å². The first-order valence-corrected chi connectivity index (χ1v) is 14.7. The molecule has 1 aromatic heterocycles. The quantitative estimate of drug-likeness (QED) is 0.156. The molecule has 0 radical (unpaired) electrons. The van der Waals surface area contributed by atoms with E-state index in [0.29, 0.717) is 27.2 Å². The molecule has 1 atom stereocenters. The minimum atomic E-state index is -0.652. The molecule has 8 heteroatoms. The Labute approximate surface area is 240 Å². The Hall–Kier alpha value is -4.14. The lowest BCUT2D eigenvalue weighted by molar-refractivity contribution is -0.138. The predicted molar refractivity (Wildman–Crippen MR) is 160 cm³/mol. The average Bonchev–Trinajstić information content (AvgIpc) is 3.29. The van der Waals surface area contributed by atoms with Crippen LogP contribution in [0.4, 0.5) is 0 Å². The van der Waals surface area contributed by atoms with Crippen LogP contribution in [-0.4, -0.2) is 23.4 Å². The molecule has 0 aliphatic carbocycles. The van der Waals surface area contributed by atoms with E-state index in [4.69, 9.17) is 9.47 Å². The van der Waals surface area contributed by atoms with Gasteiger partial charge in [-0.1, -0.05) is 78.6 Å². The van der Waals surface area contributed by atoms with Crippen molar-refractivity contribution in [3.63, 3.8) is 0 Å². The van der Waals surface area contributed by atoms with E-state index in [9.17, 15) is 9.59 Å². The maximum absolute atomic E-state index is 13.8. The molecule has 0 N–H and O–H groups in total. The van der Waals surface area contributed by atoms with Crippen LogP contribution >= 0.6 is 23.1 Å². The van der Waals surface area contributed by atoms with Crippen molar-refractivity contribution in [3.8, 4) is 5.75 Å². The summed E-state index contributed by atoms with van der Waals surface area (Å²) >= 11 is 2.93. The fraction of sp³-hybridized carbons (Fsp3) is 0.156. The number of aromatic nitrogens is 1. The Balaban J connectivity index is 1.50. The molecular formula is C32H28N2O4S2. The number of benzene rings is 3. The predicted octanol–water partition coefficient (Wildman–Crippen LogP) is 5.27. The topological polar surface area (TPSA) is 69.9 Å². The zero-order chi connectivity index (χ0) is 28.1. The van der Waals surface area contributed by atoms with E-state index >= 15 is 0 Å². The van der Waals surface area contributed by atoms with Crippen molar-refractivity contribution in [1.82, 2.24) is 4.57 Å². The second-order valence-corrected chi connectivity index (χ2v) is 11.0. The first kappa shape index (κ1) is 27.4. The first-order valence-electron chi connectivity index (χ1n) is 12.7. The SMILES string of the molecule is C=CCOC(=O)C1=C(C)N=c2sc(=Cc3ccc(OCc4ccccc4)cc3)c(=O)n2C1c1ccc(SC)cc1. The van der Waals surface area contributed by atoms with Crippen LogP contribution in [0.2, 0.25) is 0 Å². The van der Waals surface area contributed by atoms with Gasteiger partial charge in [0.2, 0.25) is 0 Å². The molecule has 0 saturated carbocycles. The van der Waals surface area contributed by atoms with E-state index in [-0.39, 0.29) is 12.2 Å². The molecule has 1 unspecified atom stereocenters. The molecule has 4 aromatic rings. The number of carbonyl (C=O) groups excluding carboxylic acids is 1. The fourth-order valence-corrected chi connectivity index (χ4v) is 5.90. The normalized spacial score (nSPS) is 14.8. The summed E-state index contributed by atoms with van der Waals surface area (Å²) in [5.74, 6) is 0.231. The van der Waals surface area contributed by atoms with E-state index < -0.39 is 12.0 Å². The molecular weight excluding hydrogens is 540 g/mol. The second kappa shape index (κ2) is 12.4. The zero-order valence-electron chi connectivity index (χ0n) is 22.2. The third-order valence-corrected chi connectivity index (χ3v) is 8.16. The van der Waals surface area contributed by atoms with Crippen LogP contribution in [0.25, 0.3) is 6.08 Å². The highest BCUT2D eigenvalue weighted by Gasteiger charge is 2.33. The number of ether oxygens (including phenoxy) is 2. The number of nitrogens with zero attached hydrogens (tertiary/aromatic N) is 2. The van der Waals surface area contributed by atoms with Crippen LogP contribution in [0.1, 0.15) is 29.7 Å². The zero-order valence-corrected chi connectivity index (χ0v) is 23.8. The summed E-state index contributed by atoms with van der Waals surface area (Å²) in [6.07, 6.45) is 5.36. The number of hydrogen-bond donors (Lipinski definition) is 0. The van der Waals surface area contributed by atoms with Gasteiger partial charge in [0.05, 0.1) is 21.8 Å². The molecule has 2 heterocycles. The monoisotopic (exact) mass is 568 g/mol. The van der Waals surface area contributed by atoms with Gasteiger partial charge in [-0.2, -0.15) is 0 Å². The Kier molecular flexibility index (Phi) is 8.48. The van der Waals surface area contributed by atoms with Gasteiger partial charge in [0, 0.05) is 4.90 Å². The molecule has 0 saturated heterocycles. The second-order valence-electron chi connectivity index (χ2n) is 9.09. The molecule has 202 valence electrons. The Morgan fingerprint density at radius 2 is 1.80 bits per heavy atom. The third-order valence-electron chi connectivity index (χ3n) is 6.43. The molecule has 40 heavy (non-hydrogen) atoms. The maximum atomic E-state index is 13.8. The lowest BCUT2D eigenvalue weighted by atomic mass is 9.96. The van der Waals surface area contributed by atoms with Crippen molar-refractivity contribution in [2.45, 2.75) is 24.5 Å². The summed E-state index contributed by atoms with van der Waals surface area (Å²) in [5.41, 5.74) is 3.42. The standard InChI is InChI=1S/C32H28N2O4S2/c1-4-18-37-31(36)28-21(2)33-32-34(29(28)24-12-16-26(39-3)17-13-24)30(35)27(40-32)19-22-10-14-25(15-11-22)38-20-23-8-6-5-7-9-23/h4-17,19,29H,1,18,20H2,2-3H3. The van der Waals surface area contributed by atoms with Gasteiger partial charge in [0.15, 0.2) is 4.80 Å². The summed E-state index contributed by atoms with van der Waals surface area (Å²) in [7, 11) is 0. The van der Waals surface area contributed by atoms with Gasteiger partial charge in [-0.25, -0.2) is 9.79 Å². The summed E-state index contributed by atoms with van der Waals surface area (Å²) in [6, 6.07) is 24.8. The number of esters is 1. The minimum absolute atomic E-state index is 0.0726. The lowest BCUT2D eigenvalue weighted by Gasteiger charge is -2.24. The summed E-state index contributed by atoms with van der Waals surface area (Å²) < 4.78 is 13.4. The maximum Gasteiger partial charge on any atom is 0.338 e. The molecule has 0 amide bonds. The highest BCUT2D eigenvalue weighted by molar-refractivity contribution is 7.98. The van der Waals surface area contributed by atoms with Crippen molar-refractivity contribution >= 4 is 35.1 Å². The molecule has 6 nitrogen and oxygen atoms in total. The number of hydrogen-bond acceptors (Lipinski definition) is 7. The van der Waals surface area contributed by atoms with Crippen LogP contribution in [0.15, 0.2) is 117 Å². The molecule has 3 aromatic carbocycles. The van der Waals surface area contributed by atoms with Crippen molar-refractivity contribution < 1.29 is 14.3 Å². The number of thioether (sulfide) groups is 1. The first-order chi connectivity index (χ1) is 19.5. The van der Waals surface area contributed by atoms with Crippen molar-refractivity contribution in [3.05, 3.63) is 139 Å². The fourth-order valence-electron chi connectivity index (χ4n) is 4.45. The van der Waals surface area contributed by atoms with Gasteiger partial charge >= 0.3 is 5.97 Å². The third kappa shape index (κ3) is 5.88. The number of thiazole rings is 1. The summed E-state index contributed by atoms with van der Waals surface area (Å²) in [6.45, 7) is 5.96. The van der Waals surface area contributed by atoms with Crippen LogP contribution in [-0.2, 0) is 16.1 Å². The summed E-state index contributed by atoms with van der Waals surface area (Å²) in [4.78, 5) is 33.2. The smallest absolute Gasteiger partial charge is 0.338 e. The van der Waals surface area contributed by atoms with E-state index in [1.54, 1.807) is 23.3 Å². The molecule has 0 bridgehead atoms. The Bertz CT molecular complexity index is 1740. The van der Waals surface area contributed by atoms with E-state index in [2.05, 4.69) is 11.6 Å². The molecule has 1 aliphatic heterocycles. The van der Waals surface area contributed by atoms with Gasteiger partial charge < -0.3 is 9.47 Å². The van der Waals surface area contributed by atoms with Gasteiger partial charge in [-0.15, -0.1) is 11.8 Å². The largest absolute Gasteiger partial charge is 0.489 e. The lowest BCUT2D eigenvalue weighted by Crippen LogP contribution is -2.39. The van der Waals surface area contributed by atoms with E-state index in [1.807, 2.05) is 91.2 Å². The summed E-state index contributed by atoms with van der Waals surface area (Å²) in [5, 5.41) is 0. The molecule has 0 fully saturated rings. The number of rotatable bonds is 9. The number of fused-ring (bicyclic) bond motifs is 1. The Morgan fingerprint density at radius 3 is 2.48 bits per heavy atom. The van der Waals surface area contributed by atoms with Gasteiger partial charge in [0.1, 0.15) is 19.0 Å². The van der Waals surface area contributed by atoms with Crippen LogP contribution in [0.3, 0.4) is 0 Å². The number of allylic oxidation sites excluding steroid dienone is 1. The molecule has 0 spiro atoms. The Morgan fingerprint density at radius 1 is 1.07 bits per heavy atom. The van der Waals surface area contributed by atoms with Crippen LogP contribution < -0.4 is 19.6 Å². The van der Waals surface area contributed by atoms with Gasteiger partial charge in [-0.05, 0) is 60.2 Å². The average molecular weight is 569 g/mol. The highest BCUT2D eigenvalue weighted by Crippen LogP contribution is 2.31. The highest BCUT2D eigenvalue weighted by atomic mass is 32.2. The van der Waals surface area contributed by atoms with E-state index in [1.165, 1.54) is 17.4 Å². The molecule has 1 aliphatic rings. The van der Waals surface area contributed by atoms with Crippen LogP contribution in [0, 0.1) is 0 Å². The van der Waals surface area contributed by atoms with Gasteiger partial charge in [0.25, 0.3) is 5.56 Å². The van der Waals surface area contributed by atoms with Crippen molar-refractivity contribution in [2.75, 3.05) is 12.9 Å². The van der Waals surface area contributed by atoms with Gasteiger partial charge in [-0.3, -0.25) is 9.36 Å². The number of carbonyl (C=O) groups is 1. The molecule has 5 rings (SSSR count). The minimum Gasteiger partial charge on any atom is -0.489 e. The van der Waals surface area contributed by atoms with Crippen LogP contribution in [0.5, 0.6) is 5.75 Å².